The zero-order valence-electron chi connectivity index (χ0n) is 17.4. The van der Waals surface area contributed by atoms with E-state index in [1.807, 2.05) is 62.4 Å². The van der Waals surface area contributed by atoms with Crippen LogP contribution in [0.4, 0.5) is 0 Å². The van der Waals surface area contributed by atoms with Crippen LogP contribution in [-0.2, 0) is 16.1 Å². The number of rotatable bonds is 6. The van der Waals surface area contributed by atoms with Crippen molar-refractivity contribution in [3.63, 3.8) is 0 Å². The van der Waals surface area contributed by atoms with Crippen LogP contribution in [0.1, 0.15) is 39.9 Å². The number of benzene rings is 3. The molecule has 3 aromatic carbocycles. The van der Waals surface area contributed by atoms with Gasteiger partial charge in [0, 0.05) is 29.0 Å². The number of ketones is 1. The first-order chi connectivity index (χ1) is 14.9. The molecule has 0 bridgehead atoms. The molecule has 0 amide bonds. The van der Waals surface area contributed by atoms with Crippen molar-refractivity contribution in [1.82, 2.24) is 0 Å². The Morgan fingerprint density at radius 1 is 0.935 bits per heavy atom. The van der Waals surface area contributed by atoms with Gasteiger partial charge in [0.05, 0.1) is 6.42 Å². The molecule has 0 saturated carbocycles. The van der Waals surface area contributed by atoms with Crippen LogP contribution >= 0.6 is 0 Å². The van der Waals surface area contributed by atoms with Crippen molar-refractivity contribution in [1.29, 1.82) is 0 Å². The normalized spacial score (nSPS) is 11.0. The Hall–Kier alpha value is -3.73. The minimum absolute atomic E-state index is 0.0215. The van der Waals surface area contributed by atoms with Crippen LogP contribution in [0.25, 0.3) is 21.7 Å². The number of ether oxygens (including phenoxy) is 1. The average Bonchev–Trinajstić information content (AvgIpc) is 2.77. The average molecular weight is 414 g/mol. The van der Waals surface area contributed by atoms with E-state index in [9.17, 15) is 14.4 Å². The fourth-order valence-electron chi connectivity index (χ4n) is 3.75. The highest BCUT2D eigenvalue weighted by atomic mass is 16.5. The second kappa shape index (κ2) is 8.56. The molecule has 1 aromatic heterocycles. The fourth-order valence-corrected chi connectivity index (χ4v) is 3.75. The van der Waals surface area contributed by atoms with Gasteiger partial charge >= 0.3 is 11.6 Å². The van der Waals surface area contributed by atoms with Crippen LogP contribution < -0.4 is 5.63 Å². The number of esters is 1. The molecule has 4 rings (SSSR count). The molecule has 4 aromatic rings. The van der Waals surface area contributed by atoms with Crippen LogP contribution in [0.2, 0.25) is 0 Å². The van der Waals surface area contributed by atoms with E-state index in [2.05, 4.69) is 0 Å². The third kappa shape index (κ3) is 4.40. The fraction of sp³-hybridized carbons (Fsp3) is 0.192. The van der Waals surface area contributed by atoms with Crippen molar-refractivity contribution in [2.24, 2.45) is 0 Å². The van der Waals surface area contributed by atoms with Crippen molar-refractivity contribution < 1.29 is 18.7 Å². The predicted octanol–water partition coefficient (Wildman–Crippen LogP) is 5.27. The van der Waals surface area contributed by atoms with E-state index in [4.69, 9.17) is 9.15 Å². The summed E-state index contributed by atoms with van der Waals surface area (Å²) in [5, 5.41) is 2.66. The van der Waals surface area contributed by atoms with E-state index in [0.29, 0.717) is 16.7 Å². The van der Waals surface area contributed by atoms with Gasteiger partial charge in [-0.25, -0.2) is 4.79 Å². The van der Waals surface area contributed by atoms with Gasteiger partial charge in [0.15, 0.2) is 5.78 Å². The number of fused-ring (bicyclic) bond motifs is 3. The van der Waals surface area contributed by atoms with E-state index >= 15 is 0 Å². The van der Waals surface area contributed by atoms with Crippen molar-refractivity contribution in [3.05, 3.63) is 93.3 Å². The molecule has 0 atom stereocenters. The number of carbonyl (C=O) groups excluding carboxylic acids is 2. The quantitative estimate of drug-likeness (QED) is 0.186. The minimum Gasteiger partial charge on any atom is -0.461 e. The Morgan fingerprint density at radius 2 is 1.74 bits per heavy atom. The van der Waals surface area contributed by atoms with E-state index in [1.54, 1.807) is 6.07 Å². The Kier molecular flexibility index (Phi) is 5.67. The molecule has 0 aliphatic heterocycles. The maximum Gasteiger partial charge on any atom is 0.336 e. The molecule has 0 unspecified atom stereocenters. The molecule has 1 heterocycles. The van der Waals surface area contributed by atoms with Crippen LogP contribution in [0, 0.1) is 13.8 Å². The summed E-state index contributed by atoms with van der Waals surface area (Å²) in [4.78, 5) is 36.8. The molecule has 0 saturated heterocycles. The van der Waals surface area contributed by atoms with Crippen LogP contribution in [0.3, 0.4) is 0 Å². The first kappa shape index (κ1) is 20.5. The molecule has 156 valence electrons. The second-order valence-electron chi connectivity index (χ2n) is 7.65. The Morgan fingerprint density at radius 3 is 2.58 bits per heavy atom. The maximum atomic E-state index is 12.5. The van der Waals surface area contributed by atoms with Gasteiger partial charge in [-0.05, 0) is 42.3 Å². The topological polar surface area (TPSA) is 73.6 Å². The molecular formula is C26H22O5. The first-order valence-corrected chi connectivity index (χ1v) is 10.1. The van der Waals surface area contributed by atoms with Crippen LogP contribution in [-0.4, -0.2) is 11.8 Å². The van der Waals surface area contributed by atoms with Gasteiger partial charge in [-0.15, -0.1) is 0 Å². The third-order valence-electron chi connectivity index (χ3n) is 5.35. The summed E-state index contributed by atoms with van der Waals surface area (Å²) < 4.78 is 10.7. The van der Waals surface area contributed by atoms with E-state index in [1.165, 1.54) is 6.07 Å². The van der Waals surface area contributed by atoms with Crippen molar-refractivity contribution >= 4 is 33.5 Å². The van der Waals surface area contributed by atoms with Gasteiger partial charge in [-0.1, -0.05) is 48.0 Å². The molecule has 31 heavy (non-hydrogen) atoms. The Bertz CT molecular complexity index is 1360. The van der Waals surface area contributed by atoms with Gasteiger partial charge in [-0.3, -0.25) is 9.59 Å². The highest BCUT2D eigenvalue weighted by Crippen LogP contribution is 2.27. The molecule has 0 fully saturated rings. The molecule has 0 spiro atoms. The lowest BCUT2D eigenvalue weighted by molar-refractivity contribution is -0.144. The van der Waals surface area contributed by atoms with Crippen molar-refractivity contribution in [3.8, 4) is 0 Å². The van der Waals surface area contributed by atoms with E-state index in [0.717, 1.165) is 27.3 Å². The highest BCUT2D eigenvalue weighted by Gasteiger charge is 2.15. The Labute approximate surface area is 179 Å². The zero-order valence-corrected chi connectivity index (χ0v) is 17.4. The minimum atomic E-state index is -0.501. The number of aryl methyl sites for hydroxylation is 2. The zero-order chi connectivity index (χ0) is 22.0. The number of hydrogen-bond donors (Lipinski definition) is 0. The monoisotopic (exact) mass is 414 g/mol. The van der Waals surface area contributed by atoms with Crippen molar-refractivity contribution in [2.75, 3.05) is 0 Å². The summed E-state index contributed by atoms with van der Waals surface area (Å²) in [7, 11) is 0. The molecule has 0 aliphatic carbocycles. The number of hydrogen-bond acceptors (Lipinski definition) is 5. The summed E-state index contributed by atoms with van der Waals surface area (Å²) >= 11 is 0. The second-order valence-corrected chi connectivity index (χ2v) is 7.65. The van der Waals surface area contributed by atoms with E-state index in [-0.39, 0.29) is 25.2 Å². The summed E-state index contributed by atoms with van der Waals surface area (Å²) in [6.07, 6.45) is 0.0517. The van der Waals surface area contributed by atoms with E-state index < -0.39 is 11.6 Å². The summed E-state index contributed by atoms with van der Waals surface area (Å²) in [6.45, 7) is 3.74. The third-order valence-corrected chi connectivity index (χ3v) is 5.35. The lowest BCUT2D eigenvalue weighted by Crippen LogP contribution is -2.10. The molecule has 5 nitrogen and oxygen atoms in total. The summed E-state index contributed by atoms with van der Waals surface area (Å²) in [6, 6.07) is 18.4. The molecular weight excluding hydrogens is 392 g/mol. The molecule has 5 heteroatoms. The molecule has 0 aliphatic rings. The maximum absolute atomic E-state index is 12.5. The largest absolute Gasteiger partial charge is 0.461 e. The van der Waals surface area contributed by atoms with Crippen LogP contribution in [0.15, 0.2) is 69.9 Å². The predicted molar refractivity (Wildman–Crippen MR) is 119 cm³/mol. The van der Waals surface area contributed by atoms with Gasteiger partial charge < -0.3 is 9.15 Å². The SMILES string of the molecule is Cc1ccc(C)c(C(=O)CCC(=O)OCc2cc(=O)oc3ccc4ccccc4c23)c1. The molecule has 0 radical (unpaired) electrons. The number of Topliss-reactive ketones (excluding diaryl/α,β-unsaturated/α-hetero) is 1. The smallest absolute Gasteiger partial charge is 0.336 e. The number of carbonyl (C=O) groups is 2. The summed E-state index contributed by atoms with van der Waals surface area (Å²) in [5.74, 6) is -0.574. The van der Waals surface area contributed by atoms with Crippen LogP contribution in [0.5, 0.6) is 0 Å². The lowest BCUT2D eigenvalue weighted by atomic mass is 9.99. The highest BCUT2D eigenvalue weighted by molar-refractivity contribution is 6.07. The van der Waals surface area contributed by atoms with Gasteiger partial charge in [0.1, 0.15) is 12.2 Å². The van der Waals surface area contributed by atoms with Gasteiger partial charge in [-0.2, -0.15) is 0 Å². The summed E-state index contributed by atoms with van der Waals surface area (Å²) in [5.41, 5.74) is 3.04. The van der Waals surface area contributed by atoms with Gasteiger partial charge in [0.25, 0.3) is 0 Å². The molecule has 0 N–H and O–H groups in total. The standard InChI is InChI=1S/C26H22O5/c1-16-7-8-17(2)21(13-16)22(27)10-12-24(28)30-15-19-14-25(29)31-23-11-9-18-5-3-4-6-20(18)26(19)23/h3-9,11,13-14H,10,12,15H2,1-2H3. The lowest BCUT2D eigenvalue weighted by Gasteiger charge is -2.10. The first-order valence-electron chi connectivity index (χ1n) is 10.1. The van der Waals surface area contributed by atoms with Gasteiger partial charge in [0.2, 0.25) is 0 Å². The van der Waals surface area contributed by atoms with Crippen molar-refractivity contribution in [2.45, 2.75) is 33.3 Å². The Balaban J connectivity index is 1.49.